The third-order valence-corrected chi connectivity index (χ3v) is 2.82. The van der Waals surface area contributed by atoms with Gasteiger partial charge in [-0.3, -0.25) is 4.79 Å². The molecule has 4 N–H and O–H groups in total. The summed E-state index contributed by atoms with van der Waals surface area (Å²) in [6.45, 7) is 0.878. The van der Waals surface area contributed by atoms with E-state index in [0.717, 1.165) is 19.4 Å². The van der Waals surface area contributed by atoms with E-state index in [-0.39, 0.29) is 11.9 Å². The van der Waals surface area contributed by atoms with Gasteiger partial charge in [0.2, 0.25) is 5.91 Å². The van der Waals surface area contributed by atoms with Crippen molar-refractivity contribution in [3.05, 3.63) is 23.8 Å². The van der Waals surface area contributed by atoms with Crippen molar-refractivity contribution in [3.8, 4) is 6.07 Å². The Labute approximate surface area is 99.6 Å². The van der Waals surface area contributed by atoms with Crippen molar-refractivity contribution in [1.82, 2.24) is 5.32 Å². The number of hydrogen-bond acceptors (Lipinski definition) is 4. The van der Waals surface area contributed by atoms with Crippen LogP contribution in [0, 0.1) is 11.3 Å². The Kier molecular flexibility index (Phi) is 3.26. The van der Waals surface area contributed by atoms with Crippen LogP contribution in [0.4, 0.5) is 11.4 Å². The Morgan fingerprint density at radius 2 is 2.41 bits per heavy atom. The summed E-state index contributed by atoms with van der Waals surface area (Å²) in [6.07, 6.45) is 1.87. The average molecular weight is 230 g/mol. The summed E-state index contributed by atoms with van der Waals surface area (Å²) in [7, 11) is 0. The van der Waals surface area contributed by atoms with Gasteiger partial charge in [-0.05, 0) is 37.6 Å². The first-order valence-electron chi connectivity index (χ1n) is 5.54. The summed E-state index contributed by atoms with van der Waals surface area (Å²) in [5, 5.41) is 14.7. The molecule has 17 heavy (non-hydrogen) atoms. The van der Waals surface area contributed by atoms with Crippen LogP contribution in [-0.4, -0.2) is 18.5 Å². The normalized spacial score (nSPS) is 18.6. The molecule has 1 aliphatic heterocycles. The van der Waals surface area contributed by atoms with Crippen molar-refractivity contribution in [3.63, 3.8) is 0 Å². The van der Waals surface area contributed by atoms with Gasteiger partial charge in [0, 0.05) is 11.4 Å². The molecule has 5 heteroatoms. The van der Waals surface area contributed by atoms with Gasteiger partial charge in [0.25, 0.3) is 0 Å². The summed E-state index contributed by atoms with van der Waals surface area (Å²) >= 11 is 0. The van der Waals surface area contributed by atoms with Gasteiger partial charge in [-0.2, -0.15) is 5.26 Å². The molecular weight excluding hydrogens is 216 g/mol. The van der Waals surface area contributed by atoms with Crippen molar-refractivity contribution >= 4 is 17.3 Å². The smallest absolute Gasteiger partial charge is 0.241 e. The van der Waals surface area contributed by atoms with Crippen LogP contribution in [0.5, 0.6) is 0 Å². The molecule has 1 fully saturated rings. The van der Waals surface area contributed by atoms with Gasteiger partial charge >= 0.3 is 0 Å². The molecule has 0 radical (unpaired) electrons. The van der Waals surface area contributed by atoms with Crippen LogP contribution in [-0.2, 0) is 4.79 Å². The van der Waals surface area contributed by atoms with Gasteiger partial charge in [-0.1, -0.05) is 0 Å². The first-order valence-corrected chi connectivity index (χ1v) is 5.54. The minimum atomic E-state index is -0.127. The van der Waals surface area contributed by atoms with Gasteiger partial charge in [0.15, 0.2) is 0 Å². The van der Waals surface area contributed by atoms with Crippen LogP contribution in [0.3, 0.4) is 0 Å². The molecule has 1 aliphatic rings. The van der Waals surface area contributed by atoms with E-state index in [9.17, 15) is 4.79 Å². The van der Waals surface area contributed by atoms with Crippen molar-refractivity contribution in [1.29, 1.82) is 5.26 Å². The number of nitrogens with one attached hydrogen (secondary N) is 2. The molecule has 5 nitrogen and oxygen atoms in total. The number of nitrogens with two attached hydrogens (primary N) is 1. The zero-order valence-electron chi connectivity index (χ0n) is 9.36. The highest BCUT2D eigenvalue weighted by Crippen LogP contribution is 2.17. The first-order chi connectivity index (χ1) is 8.20. The van der Waals surface area contributed by atoms with Crippen LogP contribution in [0.25, 0.3) is 0 Å². The molecule has 1 aromatic carbocycles. The van der Waals surface area contributed by atoms with Crippen LogP contribution in [0.1, 0.15) is 18.4 Å². The number of carbonyl (C=O) groups is 1. The second-order valence-electron chi connectivity index (χ2n) is 4.05. The van der Waals surface area contributed by atoms with Crippen LogP contribution < -0.4 is 16.4 Å². The molecule has 1 amide bonds. The molecule has 1 atom stereocenters. The van der Waals surface area contributed by atoms with Crippen LogP contribution in [0.15, 0.2) is 18.2 Å². The van der Waals surface area contributed by atoms with E-state index in [1.165, 1.54) is 0 Å². The van der Waals surface area contributed by atoms with Crippen molar-refractivity contribution < 1.29 is 4.79 Å². The van der Waals surface area contributed by atoms with E-state index in [1.807, 2.05) is 6.07 Å². The third kappa shape index (κ3) is 2.55. The fourth-order valence-corrected chi connectivity index (χ4v) is 1.87. The monoisotopic (exact) mass is 230 g/mol. The number of benzene rings is 1. The average Bonchev–Trinajstić information content (AvgIpc) is 2.85. The van der Waals surface area contributed by atoms with E-state index >= 15 is 0 Å². The second-order valence-corrected chi connectivity index (χ2v) is 4.05. The lowest BCUT2D eigenvalue weighted by Crippen LogP contribution is -2.35. The molecule has 0 saturated carbocycles. The predicted octanol–water partition coefficient (Wildman–Crippen LogP) is 0.831. The lowest BCUT2D eigenvalue weighted by atomic mass is 10.1. The molecule has 0 bridgehead atoms. The Morgan fingerprint density at radius 1 is 1.59 bits per heavy atom. The first kappa shape index (κ1) is 11.4. The highest BCUT2D eigenvalue weighted by molar-refractivity contribution is 5.95. The molecule has 2 rings (SSSR count). The Balaban J connectivity index is 2.08. The Bertz CT molecular complexity index is 472. The maximum absolute atomic E-state index is 11.8. The van der Waals surface area contributed by atoms with Crippen molar-refractivity contribution in [2.75, 3.05) is 17.6 Å². The third-order valence-electron chi connectivity index (χ3n) is 2.82. The number of amides is 1. The van der Waals surface area contributed by atoms with E-state index < -0.39 is 0 Å². The van der Waals surface area contributed by atoms with Crippen molar-refractivity contribution in [2.45, 2.75) is 18.9 Å². The molecule has 88 valence electrons. The summed E-state index contributed by atoms with van der Waals surface area (Å²) in [6, 6.07) is 6.76. The molecule has 0 aromatic heterocycles. The number of carbonyl (C=O) groups excluding carboxylic acids is 1. The number of nitrogens with zero attached hydrogens (tertiary/aromatic N) is 1. The summed E-state index contributed by atoms with van der Waals surface area (Å²) in [4.78, 5) is 11.8. The van der Waals surface area contributed by atoms with E-state index in [4.69, 9.17) is 11.0 Å². The number of anilines is 2. The number of hydrogen-bond donors (Lipinski definition) is 3. The van der Waals surface area contributed by atoms with E-state index in [1.54, 1.807) is 18.2 Å². The minimum Gasteiger partial charge on any atom is -0.398 e. The fourth-order valence-electron chi connectivity index (χ4n) is 1.87. The Morgan fingerprint density at radius 3 is 3.06 bits per heavy atom. The van der Waals surface area contributed by atoms with Crippen molar-refractivity contribution in [2.24, 2.45) is 0 Å². The maximum Gasteiger partial charge on any atom is 0.241 e. The zero-order chi connectivity index (χ0) is 12.3. The summed E-state index contributed by atoms with van der Waals surface area (Å²) in [5.74, 6) is -0.0591. The fraction of sp³-hybridized carbons (Fsp3) is 0.333. The summed E-state index contributed by atoms with van der Waals surface area (Å²) in [5.41, 5.74) is 7.01. The molecule has 1 heterocycles. The molecule has 1 aromatic rings. The predicted molar refractivity (Wildman–Crippen MR) is 65.2 cm³/mol. The number of nitriles is 1. The van der Waals surface area contributed by atoms with E-state index in [0.29, 0.717) is 16.9 Å². The highest BCUT2D eigenvalue weighted by atomic mass is 16.2. The standard InChI is InChI=1S/C12H14N4O/c13-7-8-6-9(3-4-10(8)14)16-12(17)11-2-1-5-15-11/h3-4,6,11,15H,1-2,5,14H2,(H,16,17)/t11-/m1/s1. The molecular formula is C12H14N4O. The van der Waals surface area contributed by atoms with Crippen LogP contribution >= 0.6 is 0 Å². The topological polar surface area (TPSA) is 90.9 Å². The largest absolute Gasteiger partial charge is 0.398 e. The lowest BCUT2D eigenvalue weighted by molar-refractivity contribution is -0.117. The Hall–Kier alpha value is -2.06. The van der Waals surface area contributed by atoms with Crippen LogP contribution in [0.2, 0.25) is 0 Å². The molecule has 0 spiro atoms. The summed E-state index contributed by atoms with van der Waals surface area (Å²) < 4.78 is 0. The maximum atomic E-state index is 11.8. The molecule has 0 aliphatic carbocycles. The zero-order valence-corrected chi connectivity index (χ0v) is 9.36. The number of nitrogen functional groups attached to an aromatic ring is 1. The molecule has 1 saturated heterocycles. The lowest BCUT2D eigenvalue weighted by Gasteiger charge is -2.11. The van der Waals surface area contributed by atoms with Gasteiger partial charge in [0.1, 0.15) is 6.07 Å². The SMILES string of the molecule is N#Cc1cc(NC(=O)[C@H]2CCCN2)ccc1N. The minimum absolute atomic E-state index is 0.0591. The van der Waals surface area contributed by atoms with Gasteiger partial charge in [-0.15, -0.1) is 0 Å². The quantitative estimate of drug-likeness (QED) is 0.656. The van der Waals surface area contributed by atoms with E-state index in [2.05, 4.69) is 10.6 Å². The van der Waals surface area contributed by atoms with Gasteiger partial charge < -0.3 is 16.4 Å². The molecule has 0 unspecified atom stereocenters. The highest BCUT2D eigenvalue weighted by Gasteiger charge is 2.21. The van der Waals surface area contributed by atoms with Gasteiger partial charge in [-0.25, -0.2) is 0 Å². The number of rotatable bonds is 2. The second kappa shape index (κ2) is 4.85. The van der Waals surface area contributed by atoms with Gasteiger partial charge in [0.05, 0.1) is 11.6 Å².